The molecule has 0 radical (unpaired) electrons. The van der Waals surface area contributed by atoms with Crippen LogP contribution >= 0.6 is 0 Å². The van der Waals surface area contributed by atoms with Gasteiger partial charge in [0.15, 0.2) is 11.6 Å². The smallest absolute Gasteiger partial charge is 0.159 e. The van der Waals surface area contributed by atoms with Crippen LogP contribution in [-0.4, -0.2) is 7.11 Å². The zero-order valence-electron chi connectivity index (χ0n) is 9.91. The van der Waals surface area contributed by atoms with Crippen LogP contribution in [0.3, 0.4) is 0 Å². The standard InChI is InChI=1S/C14H13F2NO/c1-18-14-5-2-9(8-17)6-11(14)10-3-4-12(15)13(16)7-10/h2-7H,8,17H2,1H3. The van der Waals surface area contributed by atoms with E-state index in [1.807, 2.05) is 12.1 Å². The molecule has 0 saturated heterocycles. The van der Waals surface area contributed by atoms with Crippen LogP contribution in [0.1, 0.15) is 5.56 Å². The van der Waals surface area contributed by atoms with Crippen molar-refractivity contribution >= 4 is 0 Å². The summed E-state index contributed by atoms with van der Waals surface area (Å²) >= 11 is 0. The molecule has 0 aliphatic carbocycles. The largest absolute Gasteiger partial charge is 0.496 e. The average Bonchev–Trinajstić information content (AvgIpc) is 2.41. The van der Waals surface area contributed by atoms with Crippen LogP contribution < -0.4 is 10.5 Å². The van der Waals surface area contributed by atoms with Crippen molar-refractivity contribution in [1.29, 1.82) is 0 Å². The Labute approximate surface area is 104 Å². The molecule has 0 aliphatic rings. The summed E-state index contributed by atoms with van der Waals surface area (Å²) in [5.74, 6) is -1.15. The van der Waals surface area contributed by atoms with Gasteiger partial charge in [-0.15, -0.1) is 0 Å². The lowest BCUT2D eigenvalue weighted by atomic mass is 10.0. The highest BCUT2D eigenvalue weighted by atomic mass is 19.2. The molecule has 2 rings (SSSR count). The van der Waals surface area contributed by atoms with Gasteiger partial charge in [-0.1, -0.05) is 12.1 Å². The first-order valence-corrected chi connectivity index (χ1v) is 5.48. The van der Waals surface area contributed by atoms with Gasteiger partial charge in [-0.05, 0) is 35.4 Å². The molecule has 2 aromatic carbocycles. The molecule has 18 heavy (non-hydrogen) atoms. The molecule has 0 spiro atoms. The van der Waals surface area contributed by atoms with E-state index in [0.29, 0.717) is 23.4 Å². The molecule has 0 aromatic heterocycles. The molecular formula is C14H13F2NO. The van der Waals surface area contributed by atoms with Gasteiger partial charge in [0.1, 0.15) is 5.75 Å². The molecule has 94 valence electrons. The highest BCUT2D eigenvalue weighted by molar-refractivity contribution is 5.71. The fourth-order valence-electron chi connectivity index (χ4n) is 1.77. The normalized spacial score (nSPS) is 10.4. The Bertz CT molecular complexity index is 570. The summed E-state index contributed by atoms with van der Waals surface area (Å²) < 4.78 is 31.4. The summed E-state index contributed by atoms with van der Waals surface area (Å²) in [6.45, 7) is 0.376. The van der Waals surface area contributed by atoms with Gasteiger partial charge < -0.3 is 10.5 Å². The number of hydrogen-bond acceptors (Lipinski definition) is 2. The Hall–Kier alpha value is -1.94. The zero-order chi connectivity index (χ0) is 13.1. The molecule has 2 nitrogen and oxygen atoms in total. The highest BCUT2D eigenvalue weighted by Gasteiger charge is 2.09. The van der Waals surface area contributed by atoms with Crippen molar-refractivity contribution in [2.45, 2.75) is 6.54 Å². The number of halogens is 2. The molecule has 0 atom stereocenters. The van der Waals surface area contributed by atoms with E-state index in [9.17, 15) is 8.78 Å². The molecule has 0 heterocycles. The number of nitrogens with two attached hydrogens (primary N) is 1. The fourth-order valence-corrected chi connectivity index (χ4v) is 1.77. The van der Waals surface area contributed by atoms with Gasteiger partial charge in [0.2, 0.25) is 0 Å². The van der Waals surface area contributed by atoms with Crippen molar-refractivity contribution in [1.82, 2.24) is 0 Å². The molecule has 0 saturated carbocycles. The molecular weight excluding hydrogens is 236 g/mol. The van der Waals surface area contributed by atoms with Crippen LogP contribution in [0.25, 0.3) is 11.1 Å². The summed E-state index contributed by atoms with van der Waals surface area (Å²) in [5.41, 5.74) is 7.72. The lowest BCUT2D eigenvalue weighted by Gasteiger charge is -2.10. The Morgan fingerprint density at radius 3 is 2.44 bits per heavy atom. The van der Waals surface area contributed by atoms with Gasteiger partial charge in [-0.25, -0.2) is 8.78 Å². The van der Waals surface area contributed by atoms with Crippen LogP contribution in [0.2, 0.25) is 0 Å². The number of methoxy groups -OCH3 is 1. The number of ether oxygens (including phenoxy) is 1. The lowest BCUT2D eigenvalue weighted by molar-refractivity contribution is 0.416. The van der Waals surface area contributed by atoms with Crippen LogP contribution in [0.4, 0.5) is 8.78 Å². The van der Waals surface area contributed by atoms with Gasteiger partial charge in [0.25, 0.3) is 0 Å². The summed E-state index contributed by atoms with van der Waals surface area (Å²) in [5, 5.41) is 0. The van der Waals surface area contributed by atoms with E-state index >= 15 is 0 Å². The molecule has 0 aliphatic heterocycles. The van der Waals surface area contributed by atoms with Crippen LogP contribution in [0.15, 0.2) is 36.4 Å². The van der Waals surface area contributed by atoms with E-state index in [4.69, 9.17) is 10.5 Å². The molecule has 0 fully saturated rings. The molecule has 2 N–H and O–H groups in total. The summed E-state index contributed by atoms with van der Waals surface area (Å²) in [4.78, 5) is 0. The SMILES string of the molecule is COc1ccc(CN)cc1-c1ccc(F)c(F)c1. The van der Waals surface area contributed by atoms with Gasteiger partial charge in [0.05, 0.1) is 7.11 Å². The van der Waals surface area contributed by atoms with Crippen LogP contribution in [0, 0.1) is 11.6 Å². The Morgan fingerprint density at radius 2 is 1.83 bits per heavy atom. The predicted octanol–water partition coefficient (Wildman–Crippen LogP) is 3.10. The predicted molar refractivity (Wildman–Crippen MR) is 66.2 cm³/mol. The minimum absolute atomic E-state index is 0.376. The first kappa shape index (κ1) is 12.5. The fraction of sp³-hybridized carbons (Fsp3) is 0.143. The van der Waals surface area contributed by atoms with Crippen molar-refractivity contribution < 1.29 is 13.5 Å². The van der Waals surface area contributed by atoms with E-state index in [1.54, 1.807) is 6.07 Å². The Balaban J connectivity index is 2.57. The minimum atomic E-state index is -0.882. The van der Waals surface area contributed by atoms with Crippen molar-refractivity contribution in [3.63, 3.8) is 0 Å². The maximum Gasteiger partial charge on any atom is 0.159 e. The zero-order valence-corrected chi connectivity index (χ0v) is 9.91. The van der Waals surface area contributed by atoms with E-state index < -0.39 is 11.6 Å². The van der Waals surface area contributed by atoms with E-state index in [1.165, 1.54) is 13.2 Å². The minimum Gasteiger partial charge on any atom is -0.496 e. The topological polar surface area (TPSA) is 35.2 Å². The second-order valence-electron chi connectivity index (χ2n) is 3.87. The summed E-state index contributed by atoms with van der Waals surface area (Å²) in [7, 11) is 1.53. The first-order chi connectivity index (χ1) is 8.65. The summed E-state index contributed by atoms with van der Waals surface area (Å²) in [6, 6.07) is 9.16. The Kier molecular flexibility index (Phi) is 3.58. The average molecular weight is 249 g/mol. The van der Waals surface area contributed by atoms with E-state index in [-0.39, 0.29) is 0 Å². The third-order valence-corrected chi connectivity index (χ3v) is 2.73. The molecule has 4 heteroatoms. The monoisotopic (exact) mass is 249 g/mol. The third-order valence-electron chi connectivity index (χ3n) is 2.73. The van der Waals surface area contributed by atoms with Crippen LogP contribution in [-0.2, 0) is 6.54 Å². The number of hydrogen-bond donors (Lipinski definition) is 1. The lowest BCUT2D eigenvalue weighted by Crippen LogP contribution is -1.98. The quantitative estimate of drug-likeness (QED) is 0.907. The molecule has 0 unspecified atom stereocenters. The number of rotatable bonds is 3. The van der Waals surface area contributed by atoms with Gasteiger partial charge >= 0.3 is 0 Å². The van der Waals surface area contributed by atoms with Gasteiger partial charge in [-0.2, -0.15) is 0 Å². The van der Waals surface area contributed by atoms with E-state index in [2.05, 4.69) is 0 Å². The Morgan fingerprint density at radius 1 is 1.06 bits per heavy atom. The molecule has 0 amide bonds. The first-order valence-electron chi connectivity index (χ1n) is 5.48. The van der Waals surface area contributed by atoms with Crippen molar-refractivity contribution in [2.24, 2.45) is 5.73 Å². The third kappa shape index (κ3) is 2.33. The van der Waals surface area contributed by atoms with Gasteiger partial charge in [-0.3, -0.25) is 0 Å². The summed E-state index contributed by atoms with van der Waals surface area (Å²) in [6.07, 6.45) is 0. The molecule has 0 bridgehead atoms. The maximum atomic E-state index is 13.2. The van der Waals surface area contributed by atoms with Crippen molar-refractivity contribution in [3.8, 4) is 16.9 Å². The second-order valence-corrected chi connectivity index (χ2v) is 3.87. The van der Waals surface area contributed by atoms with Gasteiger partial charge in [0, 0.05) is 12.1 Å². The van der Waals surface area contributed by atoms with Crippen molar-refractivity contribution in [2.75, 3.05) is 7.11 Å². The second kappa shape index (κ2) is 5.14. The molecule has 2 aromatic rings. The van der Waals surface area contributed by atoms with Crippen molar-refractivity contribution in [3.05, 3.63) is 53.6 Å². The maximum absolute atomic E-state index is 13.2. The van der Waals surface area contributed by atoms with Crippen LogP contribution in [0.5, 0.6) is 5.75 Å². The number of benzene rings is 2. The highest BCUT2D eigenvalue weighted by Crippen LogP contribution is 2.31. The van der Waals surface area contributed by atoms with E-state index in [0.717, 1.165) is 17.7 Å².